The number of hydrogen-bond acceptors (Lipinski definition) is 4. The van der Waals surface area contributed by atoms with E-state index < -0.39 is 6.04 Å². The Morgan fingerprint density at radius 1 is 1.06 bits per heavy atom. The lowest BCUT2D eigenvalue weighted by atomic mass is 10.1. The molecule has 4 rings (SSSR count). The van der Waals surface area contributed by atoms with Gasteiger partial charge in [0.15, 0.2) is 0 Å². The maximum atomic E-state index is 13.9. The highest BCUT2D eigenvalue weighted by atomic mass is 35.5. The fourth-order valence-corrected chi connectivity index (χ4v) is 4.61. The summed E-state index contributed by atoms with van der Waals surface area (Å²) < 4.78 is 6.95. The van der Waals surface area contributed by atoms with Crippen LogP contribution in [0.15, 0.2) is 77.6 Å². The van der Waals surface area contributed by atoms with E-state index in [1.807, 2.05) is 42.2 Å². The summed E-state index contributed by atoms with van der Waals surface area (Å²) in [4.78, 5) is 34.5. The van der Waals surface area contributed by atoms with Gasteiger partial charge in [-0.15, -0.1) is 0 Å². The molecule has 0 N–H and O–H groups in total. The van der Waals surface area contributed by atoms with Gasteiger partial charge in [0.1, 0.15) is 11.6 Å². The van der Waals surface area contributed by atoms with Crippen molar-refractivity contribution in [2.24, 2.45) is 0 Å². The van der Waals surface area contributed by atoms with Crippen molar-refractivity contribution in [3.8, 4) is 11.4 Å². The maximum Gasteiger partial charge on any atom is 0.266 e. The van der Waals surface area contributed by atoms with Crippen LogP contribution in [0.25, 0.3) is 16.6 Å². The first-order valence-electron chi connectivity index (χ1n) is 12.2. The van der Waals surface area contributed by atoms with Crippen molar-refractivity contribution in [3.63, 3.8) is 0 Å². The van der Waals surface area contributed by atoms with Gasteiger partial charge in [-0.3, -0.25) is 14.2 Å². The molecule has 0 spiro atoms. The molecule has 1 aromatic heterocycles. The van der Waals surface area contributed by atoms with Gasteiger partial charge in [0.25, 0.3) is 11.5 Å². The second-order valence-corrected chi connectivity index (χ2v) is 9.05. The van der Waals surface area contributed by atoms with E-state index in [9.17, 15) is 9.59 Å². The number of hydrogen-bond donors (Lipinski definition) is 0. The van der Waals surface area contributed by atoms with Gasteiger partial charge in [-0.05, 0) is 61.4 Å². The molecule has 0 unspecified atom stereocenters. The van der Waals surface area contributed by atoms with E-state index in [0.29, 0.717) is 51.7 Å². The summed E-state index contributed by atoms with van der Waals surface area (Å²) in [5.74, 6) is 0.995. The van der Waals surface area contributed by atoms with Gasteiger partial charge in [-0.1, -0.05) is 56.1 Å². The van der Waals surface area contributed by atoms with Crippen LogP contribution in [0.4, 0.5) is 0 Å². The van der Waals surface area contributed by atoms with Crippen LogP contribution in [0.2, 0.25) is 5.02 Å². The number of halogens is 1. The molecule has 0 saturated heterocycles. The number of nitrogens with zero attached hydrogens (tertiary/aromatic N) is 3. The molecule has 0 aliphatic carbocycles. The number of carbonyl (C=O) groups is 1. The van der Waals surface area contributed by atoms with E-state index in [4.69, 9.17) is 21.3 Å². The van der Waals surface area contributed by atoms with Gasteiger partial charge in [0.2, 0.25) is 0 Å². The average molecular weight is 504 g/mol. The lowest BCUT2D eigenvalue weighted by Gasteiger charge is -2.32. The summed E-state index contributed by atoms with van der Waals surface area (Å²) >= 11 is 6.31. The monoisotopic (exact) mass is 503 g/mol. The number of benzene rings is 3. The largest absolute Gasteiger partial charge is 0.497 e. The number of fused-ring (bicyclic) bond motifs is 1. The zero-order valence-electron chi connectivity index (χ0n) is 20.8. The van der Waals surface area contributed by atoms with Crippen molar-refractivity contribution in [2.75, 3.05) is 13.7 Å². The minimum Gasteiger partial charge on any atom is -0.497 e. The van der Waals surface area contributed by atoms with Crippen LogP contribution in [-0.2, 0) is 0 Å². The average Bonchev–Trinajstić information content (AvgIpc) is 2.90. The van der Waals surface area contributed by atoms with Crippen LogP contribution in [0.1, 0.15) is 55.3 Å². The fourth-order valence-electron chi connectivity index (χ4n) is 4.43. The van der Waals surface area contributed by atoms with Crippen LogP contribution in [0, 0.1) is 0 Å². The molecule has 36 heavy (non-hydrogen) atoms. The third-order valence-corrected chi connectivity index (χ3v) is 6.49. The van der Waals surface area contributed by atoms with Gasteiger partial charge < -0.3 is 9.64 Å². The van der Waals surface area contributed by atoms with Crippen molar-refractivity contribution in [1.29, 1.82) is 0 Å². The smallest absolute Gasteiger partial charge is 0.266 e. The lowest BCUT2D eigenvalue weighted by Crippen LogP contribution is -2.39. The quantitative estimate of drug-likeness (QED) is 0.263. The maximum absolute atomic E-state index is 13.9. The standard InChI is InChI=1S/C29H30ClN3O3/c1-4-6-17-32(28(34)20-11-9-14-23(18-20)36-3)26(5-2)27-31-25-16-8-7-15-24(25)29(35)33(27)22-13-10-12-21(30)19-22/h7-16,18-19,26H,4-6,17H2,1-3H3/t26-/m1/s1. The highest BCUT2D eigenvalue weighted by molar-refractivity contribution is 6.30. The highest BCUT2D eigenvalue weighted by Crippen LogP contribution is 2.29. The first-order valence-corrected chi connectivity index (χ1v) is 12.6. The fraction of sp³-hybridized carbons (Fsp3) is 0.276. The minimum atomic E-state index is -0.438. The van der Waals surface area contributed by atoms with Crippen molar-refractivity contribution in [2.45, 2.75) is 39.2 Å². The summed E-state index contributed by atoms with van der Waals surface area (Å²) in [7, 11) is 1.58. The number of rotatable bonds is 9. The zero-order chi connectivity index (χ0) is 25.7. The minimum absolute atomic E-state index is 0.130. The van der Waals surface area contributed by atoms with Crippen LogP contribution >= 0.6 is 11.6 Å². The zero-order valence-corrected chi connectivity index (χ0v) is 21.5. The third kappa shape index (κ3) is 5.14. The van der Waals surface area contributed by atoms with Crippen LogP contribution < -0.4 is 10.3 Å². The molecule has 0 aliphatic rings. The van der Waals surface area contributed by atoms with Crippen molar-refractivity contribution in [1.82, 2.24) is 14.5 Å². The Kier molecular flexibility index (Phi) is 8.06. The Balaban J connectivity index is 1.93. The summed E-state index contributed by atoms with van der Waals surface area (Å²) in [5.41, 5.74) is 1.55. The summed E-state index contributed by atoms with van der Waals surface area (Å²) in [6.07, 6.45) is 2.32. The van der Waals surface area contributed by atoms with Crippen LogP contribution in [-0.4, -0.2) is 34.0 Å². The van der Waals surface area contributed by atoms with E-state index >= 15 is 0 Å². The first kappa shape index (κ1) is 25.5. The van der Waals surface area contributed by atoms with E-state index in [-0.39, 0.29) is 11.5 Å². The Hall–Kier alpha value is -3.64. The van der Waals surface area contributed by atoms with Crippen molar-refractivity contribution >= 4 is 28.4 Å². The number of aromatic nitrogens is 2. The molecule has 186 valence electrons. The third-order valence-electron chi connectivity index (χ3n) is 6.26. The molecular formula is C29H30ClN3O3. The molecule has 0 aliphatic heterocycles. The summed E-state index contributed by atoms with van der Waals surface area (Å²) in [6, 6.07) is 21.1. The molecule has 4 aromatic rings. The topological polar surface area (TPSA) is 64.4 Å². The number of ether oxygens (including phenoxy) is 1. The predicted octanol–water partition coefficient (Wildman–Crippen LogP) is 6.44. The molecular weight excluding hydrogens is 474 g/mol. The van der Waals surface area contributed by atoms with E-state index in [1.165, 1.54) is 0 Å². The van der Waals surface area contributed by atoms with Crippen molar-refractivity contribution < 1.29 is 9.53 Å². The van der Waals surface area contributed by atoms with Crippen molar-refractivity contribution in [3.05, 3.63) is 99.6 Å². The number of methoxy groups -OCH3 is 1. The van der Waals surface area contributed by atoms with Gasteiger partial charge in [0.05, 0.1) is 29.7 Å². The van der Waals surface area contributed by atoms with E-state index in [2.05, 4.69) is 6.92 Å². The number of para-hydroxylation sites is 1. The van der Waals surface area contributed by atoms with Gasteiger partial charge in [-0.25, -0.2) is 4.98 Å². The summed E-state index contributed by atoms with van der Waals surface area (Å²) in [5, 5.41) is 1.03. The second kappa shape index (κ2) is 11.4. The highest BCUT2D eigenvalue weighted by Gasteiger charge is 2.29. The molecule has 0 fully saturated rings. The first-order chi connectivity index (χ1) is 17.5. The molecule has 0 saturated carbocycles. The number of carbonyl (C=O) groups excluding carboxylic acids is 1. The lowest BCUT2D eigenvalue weighted by molar-refractivity contribution is 0.0655. The number of unbranched alkanes of at least 4 members (excludes halogenated alkanes) is 1. The van der Waals surface area contributed by atoms with Gasteiger partial charge in [0, 0.05) is 17.1 Å². The molecule has 0 bridgehead atoms. The Bertz CT molecular complexity index is 1430. The Labute approximate surface area is 216 Å². The van der Waals surface area contributed by atoms with E-state index in [1.54, 1.807) is 54.1 Å². The number of amides is 1. The Morgan fingerprint density at radius 3 is 2.56 bits per heavy atom. The molecule has 1 amide bonds. The predicted molar refractivity (Wildman–Crippen MR) is 144 cm³/mol. The van der Waals surface area contributed by atoms with Crippen LogP contribution in [0.5, 0.6) is 5.75 Å². The molecule has 6 nitrogen and oxygen atoms in total. The Morgan fingerprint density at radius 2 is 1.83 bits per heavy atom. The summed E-state index contributed by atoms with van der Waals surface area (Å²) in [6.45, 7) is 4.63. The second-order valence-electron chi connectivity index (χ2n) is 8.62. The van der Waals surface area contributed by atoms with Crippen LogP contribution in [0.3, 0.4) is 0 Å². The molecule has 3 aromatic carbocycles. The molecule has 1 heterocycles. The van der Waals surface area contributed by atoms with E-state index in [0.717, 1.165) is 12.8 Å². The normalized spacial score (nSPS) is 11.9. The SMILES string of the molecule is CCCCN(C(=O)c1cccc(OC)c1)[C@H](CC)c1nc2ccccc2c(=O)n1-c1cccc(Cl)c1. The molecule has 7 heteroatoms. The molecule has 0 radical (unpaired) electrons. The molecule has 1 atom stereocenters. The van der Waals surface area contributed by atoms with Gasteiger partial charge in [-0.2, -0.15) is 0 Å². The van der Waals surface area contributed by atoms with Gasteiger partial charge >= 0.3 is 0 Å².